The summed E-state index contributed by atoms with van der Waals surface area (Å²) >= 11 is 0. The second kappa shape index (κ2) is 7.38. The van der Waals surface area contributed by atoms with Crippen molar-refractivity contribution in [1.82, 2.24) is 10.2 Å². The van der Waals surface area contributed by atoms with Gasteiger partial charge in [0.25, 0.3) is 0 Å². The molecule has 1 aliphatic heterocycles. The molecular formula is C15H20F3N3O. The Morgan fingerprint density at radius 3 is 2.91 bits per heavy atom. The van der Waals surface area contributed by atoms with E-state index in [2.05, 4.69) is 15.2 Å². The van der Waals surface area contributed by atoms with Crippen LogP contribution in [0.1, 0.15) is 12.0 Å². The van der Waals surface area contributed by atoms with Crippen LogP contribution in [0.5, 0.6) is 5.75 Å². The quantitative estimate of drug-likeness (QED) is 0.907. The number of hydrogen-bond acceptors (Lipinski definition) is 4. The lowest BCUT2D eigenvalue weighted by atomic mass is 10.1. The van der Waals surface area contributed by atoms with Gasteiger partial charge < -0.3 is 15.0 Å². The van der Waals surface area contributed by atoms with Crippen molar-refractivity contribution in [3.63, 3.8) is 0 Å². The fraction of sp³-hybridized carbons (Fsp3) is 0.533. The summed E-state index contributed by atoms with van der Waals surface area (Å²) in [7, 11) is 1.98. The number of aliphatic imine (C=N–C) groups is 1. The van der Waals surface area contributed by atoms with Gasteiger partial charge in [0.2, 0.25) is 0 Å². The fourth-order valence-electron chi connectivity index (χ4n) is 2.18. The van der Waals surface area contributed by atoms with E-state index in [0.717, 1.165) is 31.0 Å². The predicted octanol–water partition coefficient (Wildman–Crippen LogP) is 2.45. The topological polar surface area (TPSA) is 36.9 Å². The van der Waals surface area contributed by atoms with Gasteiger partial charge in [0, 0.05) is 26.7 Å². The van der Waals surface area contributed by atoms with Crippen molar-refractivity contribution < 1.29 is 17.9 Å². The zero-order valence-electron chi connectivity index (χ0n) is 12.5. The van der Waals surface area contributed by atoms with Gasteiger partial charge in [0.05, 0.1) is 0 Å². The van der Waals surface area contributed by atoms with Crippen LogP contribution < -0.4 is 10.1 Å². The van der Waals surface area contributed by atoms with E-state index in [1.54, 1.807) is 12.1 Å². The molecule has 4 nitrogen and oxygen atoms in total. The van der Waals surface area contributed by atoms with Crippen molar-refractivity contribution in [3.8, 4) is 5.75 Å². The molecule has 2 rings (SSSR count). The maximum Gasteiger partial charge on any atom is 0.422 e. The molecule has 0 aliphatic carbocycles. The summed E-state index contributed by atoms with van der Waals surface area (Å²) in [5.74, 6) is 1.11. The minimum absolute atomic E-state index is 0.238. The van der Waals surface area contributed by atoms with Crippen molar-refractivity contribution in [2.75, 3.05) is 33.3 Å². The van der Waals surface area contributed by atoms with Crippen LogP contribution in [0.25, 0.3) is 0 Å². The summed E-state index contributed by atoms with van der Waals surface area (Å²) in [6.07, 6.45) is -2.57. The van der Waals surface area contributed by atoms with Crippen LogP contribution in [0.15, 0.2) is 29.3 Å². The number of guanidine groups is 1. The Labute approximate surface area is 128 Å². The SMILES string of the molecule is CN1CCCN=C1NCCc1cccc(OCC(F)(F)F)c1. The molecular weight excluding hydrogens is 295 g/mol. The van der Waals surface area contributed by atoms with Gasteiger partial charge in [-0.2, -0.15) is 13.2 Å². The average molecular weight is 315 g/mol. The number of halogens is 3. The number of hydrogen-bond donors (Lipinski definition) is 1. The first-order chi connectivity index (χ1) is 10.4. The number of alkyl halides is 3. The molecule has 122 valence electrons. The van der Waals surface area contributed by atoms with Crippen LogP contribution in [-0.2, 0) is 6.42 Å². The summed E-state index contributed by atoms with van der Waals surface area (Å²) in [4.78, 5) is 6.46. The number of nitrogens with one attached hydrogen (secondary N) is 1. The number of ether oxygens (including phenoxy) is 1. The first kappa shape index (κ1) is 16.5. The number of benzene rings is 1. The highest BCUT2D eigenvalue weighted by Gasteiger charge is 2.28. The van der Waals surface area contributed by atoms with Crippen molar-refractivity contribution in [2.45, 2.75) is 19.0 Å². The summed E-state index contributed by atoms with van der Waals surface area (Å²) < 4.78 is 41.1. The summed E-state index contributed by atoms with van der Waals surface area (Å²) in [6, 6.07) is 6.74. The molecule has 0 spiro atoms. The van der Waals surface area contributed by atoms with Crippen LogP contribution in [0, 0.1) is 0 Å². The van der Waals surface area contributed by atoms with Crippen LogP contribution in [0.2, 0.25) is 0 Å². The first-order valence-corrected chi connectivity index (χ1v) is 7.22. The molecule has 1 aromatic carbocycles. The predicted molar refractivity (Wildman–Crippen MR) is 79.2 cm³/mol. The van der Waals surface area contributed by atoms with Gasteiger partial charge >= 0.3 is 6.18 Å². The monoisotopic (exact) mass is 315 g/mol. The molecule has 1 N–H and O–H groups in total. The van der Waals surface area contributed by atoms with E-state index >= 15 is 0 Å². The first-order valence-electron chi connectivity index (χ1n) is 7.22. The molecule has 0 unspecified atom stereocenters. The summed E-state index contributed by atoms with van der Waals surface area (Å²) in [6.45, 7) is 1.21. The highest BCUT2D eigenvalue weighted by molar-refractivity contribution is 5.80. The minimum atomic E-state index is -4.32. The van der Waals surface area contributed by atoms with Gasteiger partial charge in [-0.25, -0.2) is 0 Å². The van der Waals surface area contributed by atoms with Crippen molar-refractivity contribution >= 4 is 5.96 Å². The second-order valence-electron chi connectivity index (χ2n) is 5.21. The minimum Gasteiger partial charge on any atom is -0.484 e. The lowest BCUT2D eigenvalue weighted by molar-refractivity contribution is -0.153. The van der Waals surface area contributed by atoms with Crippen molar-refractivity contribution in [3.05, 3.63) is 29.8 Å². The van der Waals surface area contributed by atoms with Gasteiger partial charge in [0.15, 0.2) is 12.6 Å². The molecule has 1 aliphatic rings. The third kappa shape index (κ3) is 5.46. The highest BCUT2D eigenvalue weighted by Crippen LogP contribution is 2.19. The molecule has 0 amide bonds. The average Bonchev–Trinajstić information content (AvgIpc) is 2.47. The van der Waals surface area contributed by atoms with E-state index in [9.17, 15) is 13.2 Å². The van der Waals surface area contributed by atoms with E-state index in [4.69, 9.17) is 4.74 Å². The Kier molecular flexibility index (Phi) is 5.51. The normalized spacial score (nSPS) is 15.5. The lowest BCUT2D eigenvalue weighted by Crippen LogP contribution is -2.42. The molecule has 0 atom stereocenters. The Morgan fingerprint density at radius 2 is 2.18 bits per heavy atom. The van der Waals surface area contributed by atoms with E-state index in [0.29, 0.717) is 13.0 Å². The van der Waals surface area contributed by atoms with Gasteiger partial charge in [-0.1, -0.05) is 12.1 Å². The third-order valence-electron chi connectivity index (χ3n) is 3.27. The fourth-order valence-corrected chi connectivity index (χ4v) is 2.18. The molecule has 0 aromatic heterocycles. The van der Waals surface area contributed by atoms with Crippen molar-refractivity contribution in [1.29, 1.82) is 0 Å². The van der Waals surface area contributed by atoms with Gasteiger partial charge in [-0.15, -0.1) is 0 Å². The second-order valence-corrected chi connectivity index (χ2v) is 5.21. The van der Waals surface area contributed by atoms with Crippen LogP contribution in [0.4, 0.5) is 13.2 Å². The van der Waals surface area contributed by atoms with E-state index in [-0.39, 0.29) is 5.75 Å². The maximum atomic E-state index is 12.1. The van der Waals surface area contributed by atoms with E-state index in [1.807, 2.05) is 13.1 Å². The molecule has 1 heterocycles. The summed E-state index contributed by atoms with van der Waals surface area (Å²) in [5, 5.41) is 3.25. The van der Waals surface area contributed by atoms with Crippen LogP contribution >= 0.6 is 0 Å². The zero-order valence-corrected chi connectivity index (χ0v) is 12.5. The standard InChI is InChI=1S/C15H20F3N3O/c1-21-9-3-7-19-14(21)20-8-6-12-4-2-5-13(10-12)22-11-15(16,17)18/h2,4-5,10H,3,6-9,11H2,1H3,(H,19,20). The molecule has 1 aromatic rings. The number of nitrogens with zero attached hydrogens (tertiary/aromatic N) is 2. The molecule has 0 bridgehead atoms. The molecule has 0 fully saturated rings. The van der Waals surface area contributed by atoms with Gasteiger partial charge in [-0.05, 0) is 30.5 Å². The Morgan fingerprint density at radius 1 is 1.36 bits per heavy atom. The molecule has 0 radical (unpaired) electrons. The molecule has 0 saturated heterocycles. The smallest absolute Gasteiger partial charge is 0.422 e. The van der Waals surface area contributed by atoms with Crippen LogP contribution in [0.3, 0.4) is 0 Å². The zero-order chi connectivity index (χ0) is 16.0. The summed E-state index contributed by atoms with van der Waals surface area (Å²) in [5.41, 5.74) is 0.922. The Balaban J connectivity index is 1.81. The maximum absolute atomic E-state index is 12.1. The third-order valence-corrected chi connectivity index (χ3v) is 3.27. The molecule has 22 heavy (non-hydrogen) atoms. The molecule has 7 heteroatoms. The van der Waals surface area contributed by atoms with E-state index in [1.165, 1.54) is 6.07 Å². The number of rotatable bonds is 5. The molecule has 0 saturated carbocycles. The van der Waals surface area contributed by atoms with Crippen molar-refractivity contribution in [2.24, 2.45) is 4.99 Å². The Bertz CT molecular complexity index is 517. The van der Waals surface area contributed by atoms with Crippen LogP contribution in [-0.4, -0.2) is 50.3 Å². The largest absolute Gasteiger partial charge is 0.484 e. The van der Waals surface area contributed by atoms with Gasteiger partial charge in [0.1, 0.15) is 5.75 Å². The van der Waals surface area contributed by atoms with Gasteiger partial charge in [-0.3, -0.25) is 4.99 Å². The van der Waals surface area contributed by atoms with E-state index < -0.39 is 12.8 Å². The lowest BCUT2D eigenvalue weighted by Gasteiger charge is -2.25. The Hall–Kier alpha value is -1.92. The highest BCUT2D eigenvalue weighted by atomic mass is 19.4.